The molecule has 1 saturated heterocycles. The van der Waals surface area contributed by atoms with Crippen LogP contribution in [0.4, 0.5) is 0 Å². The molecular weight excluding hydrogens is 388 g/mol. The second kappa shape index (κ2) is 9.55. The van der Waals surface area contributed by atoms with Crippen molar-refractivity contribution in [3.8, 4) is 0 Å². The predicted octanol–water partition coefficient (Wildman–Crippen LogP) is 4.26. The van der Waals surface area contributed by atoms with Crippen molar-refractivity contribution < 1.29 is 9.84 Å². The van der Waals surface area contributed by atoms with Gasteiger partial charge in [0.1, 0.15) is 5.52 Å². The van der Waals surface area contributed by atoms with E-state index >= 15 is 0 Å². The van der Waals surface area contributed by atoms with Gasteiger partial charge < -0.3 is 19.7 Å². The van der Waals surface area contributed by atoms with Crippen LogP contribution in [0.15, 0.2) is 12.3 Å². The normalized spacial score (nSPS) is 25.1. The molecule has 3 atom stereocenters. The van der Waals surface area contributed by atoms with Crippen molar-refractivity contribution in [2.45, 2.75) is 82.7 Å². The molecule has 0 bridgehead atoms. The highest BCUT2D eigenvalue weighted by Crippen LogP contribution is 2.40. The number of nitrogens with one attached hydrogen (secondary N) is 1. The van der Waals surface area contributed by atoms with Crippen LogP contribution < -0.4 is 5.32 Å². The number of ether oxygens (including phenoxy) is 1. The van der Waals surface area contributed by atoms with Crippen molar-refractivity contribution in [1.82, 2.24) is 19.9 Å². The van der Waals surface area contributed by atoms with Crippen molar-refractivity contribution in [1.29, 1.82) is 0 Å². The molecule has 1 aliphatic carbocycles. The van der Waals surface area contributed by atoms with E-state index in [2.05, 4.69) is 36.8 Å². The third-order valence-electron chi connectivity index (χ3n) is 7.53. The smallest absolute Gasteiger partial charge is 0.158 e. The molecular formula is C25H40N4O2. The molecule has 6 nitrogen and oxygen atoms in total. The third-order valence-corrected chi connectivity index (χ3v) is 7.53. The standard InChI is InChI=1S/C25H40N4O2/c1-25(2,11-6-12-31-4)23-14-20-24(29(23)3)28-21(15-26-20)19-8-5-7-18(13-17-9-10-17)22(16-30)27-19/h14-15,17-19,22,27,30H,5-13,16H2,1-4H3/t18-,19?,22-/m0/s1. The Morgan fingerprint density at radius 2 is 2.06 bits per heavy atom. The van der Waals surface area contributed by atoms with Crippen LogP contribution in [0.25, 0.3) is 11.2 Å². The number of fused-ring (bicyclic) bond motifs is 1. The fraction of sp³-hybridized carbons (Fsp3) is 0.760. The molecule has 2 aromatic heterocycles. The second-order valence-corrected chi connectivity index (χ2v) is 10.5. The largest absolute Gasteiger partial charge is 0.395 e. The van der Waals surface area contributed by atoms with Gasteiger partial charge in [0.15, 0.2) is 5.65 Å². The number of aliphatic hydroxyl groups excluding tert-OH is 1. The van der Waals surface area contributed by atoms with Gasteiger partial charge in [-0.3, -0.25) is 4.98 Å². The van der Waals surface area contributed by atoms with E-state index in [-0.39, 0.29) is 24.1 Å². The van der Waals surface area contributed by atoms with Crippen molar-refractivity contribution in [3.63, 3.8) is 0 Å². The second-order valence-electron chi connectivity index (χ2n) is 10.5. The van der Waals surface area contributed by atoms with Crippen LogP contribution >= 0.6 is 0 Å². The van der Waals surface area contributed by atoms with Gasteiger partial charge >= 0.3 is 0 Å². The molecule has 3 heterocycles. The Morgan fingerprint density at radius 1 is 1.26 bits per heavy atom. The maximum atomic E-state index is 10.1. The first-order valence-electron chi connectivity index (χ1n) is 12.1. The zero-order chi connectivity index (χ0) is 22.0. The van der Waals surface area contributed by atoms with E-state index in [0.29, 0.717) is 5.92 Å². The van der Waals surface area contributed by atoms with Gasteiger partial charge in [0.05, 0.1) is 24.5 Å². The summed E-state index contributed by atoms with van der Waals surface area (Å²) in [6, 6.07) is 2.52. The highest BCUT2D eigenvalue weighted by molar-refractivity contribution is 5.73. The fourth-order valence-electron chi connectivity index (χ4n) is 5.46. The van der Waals surface area contributed by atoms with Gasteiger partial charge in [-0.15, -0.1) is 0 Å². The number of nitrogens with zero attached hydrogens (tertiary/aromatic N) is 3. The highest BCUT2D eigenvalue weighted by atomic mass is 16.5. The van der Waals surface area contributed by atoms with Gasteiger partial charge in [0.2, 0.25) is 0 Å². The van der Waals surface area contributed by atoms with Gasteiger partial charge in [-0.25, -0.2) is 4.98 Å². The minimum Gasteiger partial charge on any atom is -0.395 e. The minimum atomic E-state index is 0.0361. The van der Waals surface area contributed by atoms with Crippen molar-refractivity contribution in [2.24, 2.45) is 18.9 Å². The van der Waals surface area contributed by atoms with E-state index in [9.17, 15) is 5.11 Å². The van der Waals surface area contributed by atoms with Crippen molar-refractivity contribution >= 4 is 11.2 Å². The predicted molar refractivity (Wildman–Crippen MR) is 124 cm³/mol. The molecule has 0 spiro atoms. The van der Waals surface area contributed by atoms with Crippen LogP contribution in [0.3, 0.4) is 0 Å². The Hall–Kier alpha value is -1.50. The zero-order valence-corrected chi connectivity index (χ0v) is 19.7. The number of hydrogen-bond acceptors (Lipinski definition) is 5. The summed E-state index contributed by atoms with van der Waals surface area (Å²) in [4.78, 5) is 9.87. The van der Waals surface area contributed by atoms with Crippen LogP contribution in [0.5, 0.6) is 0 Å². The Labute approximate surface area is 186 Å². The molecule has 1 aliphatic heterocycles. The number of aliphatic hydroxyl groups is 1. The SMILES string of the molecule is COCCCC(C)(C)c1cc2ncc(C3CCC[C@@H](CC4CC4)[C@H](CO)N3)nc2n1C. The molecule has 0 radical (unpaired) electrons. The summed E-state index contributed by atoms with van der Waals surface area (Å²) in [5.74, 6) is 1.47. The summed E-state index contributed by atoms with van der Waals surface area (Å²) in [6.07, 6.45) is 11.5. The van der Waals surface area contributed by atoms with Crippen molar-refractivity contribution in [3.05, 3.63) is 23.7 Å². The average molecular weight is 429 g/mol. The zero-order valence-electron chi connectivity index (χ0n) is 19.7. The highest BCUT2D eigenvalue weighted by Gasteiger charge is 2.33. The number of methoxy groups -OCH3 is 1. The molecule has 2 aliphatic rings. The lowest BCUT2D eigenvalue weighted by atomic mass is 9.84. The molecule has 6 heteroatoms. The van der Waals surface area contributed by atoms with E-state index < -0.39 is 0 Å². The van der Waals surface area contributed by atoms with Crippen LogP contribution in [-0.2, 0) is 17.2 Å². The first-order chi connectivity index (χ1) is 14.9. The molecule has 4 rings (SSSR count). The summed E-state index contributed by atoms with van der Waals surface area (Å²) >= 11 is 0. The summed E-state index contributed by atoms with van der Waals surface area (Å²) in [6.45, 7) is 5.57. The summed E-state index contributed by atoms with van der Waals surface area (Å²) in [5.41, 5.74) is 4.22. The monoisotopic (exact) mass is 428 g/mol. The average Bonchev–Trinajstić information content (AvgIpc) is 3.54. The van der Waals surface area contributed by atoms with Gasteiger partial charge in [0, 0.05) is 37.9 Å². The van der Waals surface area contributed by atoms with Crippen LogP contribution in [0.1, 0.15) is 82.6 Å². The summed E-state index contributed by atoms with van der Waals surface area (Å²) in [5, 5.41) is 13.8. The number of hydrogen-bond donors (Lipinski definition) is 2. The maximum Gasteiger partial charge on any atom is 0.158 e. The Kier molecular flexibility index (Phi) is 6.99. The fourth-order valence-corrected chi connectivity index (χ4v) is 5.46. The Morgan fingerprint density at radius 3 is 2.77 bits per heavy atom. The lowest BCUT2D eigenvalue weighted by Gasteiger charge is -2.27. The van der Waals surface area contributed by atoms with Crippen LogP contribution in [-0.4, -0.2) is 46.0 Å². The number of aromatic nitrogens is 3. The lowest BCUT2D eigenvalue weighted by molar-refractivity contribution is 0.183. The molecule has 2 aromatic rings. The van der Waals surface area contributed by atoms with E-state index in [1.54, 1.807) is 7.11 Å². The van der Waals surface area contributed by atoms with Crippen LogP contribution in [0, 0.1) is 11.8 Å². The summed E-state index contributed by atoms with van der Waals surface area (Å²) < 4.78 is 7.47. The molecule has 1 saturated carbocycles. The van der Waals surface area contributed by atoms with Crippen LogP contribution in [0.2, 0.25) is 0 Å². The molecule has 1 unspecified atom stereocenters. The lowest BCUT2D eigenvalue weighted by Crippen LogP contribution is -2.40. The topological polar surface area (TPSA) is 72.2 Å². The molecule has 2 N–H and O–H groups in total. The van der Waals surface area contributed by atoms with Gasteiger partial charge in [-0.05, 0) is 50.0 Å². The molecule has 172 valence electrons. The Balaban J connectivity index is 1.55. The number of aryl methyl sites for hydroxylation is 1. The van der Waals surface area contributed by atoms with Gasteiger partial charge in [0.25, 0.3) is 0 Å². The first kappa shape index (κ1) is 22.7. The molecule has 31 heavy (non-hydrogen) atoms. The molecule has 2 fully saturated rings. The Bertz CT molecular complexity index is 874. The van der Waals surface area contributed by atoms with E-state index in [1.165, 1.54) is 37.8 Å². The quantitative estimate of drug-likeness (QED) is 0.584. The number of rotatable bonds is 9. The van der Waals surface area contributed by atoms with E-state index in [1.807, 2.05) is 6.20 Å². The van der Waals surface area contributed by atoms with Gasteiger partial charge in [-0.1, -0.05) is 33.1 Å². The first-order valence-corrected chi connectivity index (χ1v) is 12.1. The van der Waals surface area contributed by atoms with E-state index in [4.69, 9.17) is 14.7 Å². The molecule has 0 amide bonds. The summed E-state index contributed by atoms with van der Waals surface area (Å²) in [7, 11) is 3.87. The third kappa shape index (κ3) is 5.12. The maximum absolute atomic E-state index is 10.1. The van der Waals surface area contributed by atoms with E-state index in [0.717, 1.165) is 48.6 Å². The molecule has 0 aromatic carbocycles. The van der Waals surface area contributed by atoms with Gasteiger partial charge in [-0.2, -0.15) is 0 Å². The minimum absolute atomic E-state index is 0.0361. The van der Waals surface area contributed by atoms with Crippen molar-refractivity contribution in [2.75, 3.05) is 20.3 Å².